The molecule has 0 saturated carbocycles. The molecule has 5 heteroatoms. The molecule has 2 rings (SSSR count). The number of nitrogens with one attached hydrogen (secondary N) is 1. The predicted molar refractivity (Wildman–Crippen MR) is 59.4 cm³/mol. The molecule has 3 N–H and O–H groups in total. The molecule has 15 heavy (non-hydrogen) atoms. The van der Waals surface area contributed by atoms with Crippen LogP contribution in [0.15, 0.2) is 12.5 Å². The highest BCUT2D eigenvalue weighted by Crippen LogP contribution is 2.20. The van der Waals surface area contributed by atoms with Crippen molar-refractivity contribution in [2.75, 3.05) is 6.54 Å². The Hall–Kier alpha value is -1.57. The lowest BCUT2D eigenvalue weighted by molar-refractivity contribution is 1.03. The fourth-order valence-electron chi connectivity index (χ4n) is 1.23. The van der Waals surface area contributed by atoms with Crippen molar-refractivity contribution in [1.29, 1.82) is 0 Å². The molecule has 0 spiro atoms. The molecule has 2 aromatic rings. The van der Waals surface area contributed by atoms with Gasteiger partial charge in [-0.25, -0.2) is 9.97 Å². The van der Waals surface area contributed by atoms with Gasteiger partial charge >= 0.3 is 0 Å². The zero-order valence-corrected chi connectivity index (χ0v) is 8.67. The van der Waals surface area contributed by atoms with E-state index in [1.807, 2.05) is 0 Å². The zero-order chi connectivity index (χ0) is 10.7. The first-order valence-electron chi connectivity index (χ1n) is 4.49. The van der Waals surface area contributed by atoms with Crippen molar-refractivity contribution >= 4 is 22.6 Å². The van der Waals surface area contributed by atoms with Crippen LogP contribution >= 0.6 is 11.6 Å². The number of aromatic amines is 1. The Kier molecular flexibility index (Phi) is 2.86. The first-order chi connectivity index (χ1) is 7.33. The Morgan fingerprint density at radius 1 is 1.47 bits per heavy atom. The topological polar surface area (TPSA) is 67.6 Å². The van der Waals surface area contributed by atoms with Gasteiger partial charge in [-0.05, 0) is 0 Å². The van der Waals surface area contributed by atoms with Crippen LogP contribution in [0.25, 0.3) is 11.0 Å². The highest BCUT2D eigenvalue weighted by atomic mass is 35.5. The standard InChI is InChI=1S/C10H9ClN4/c11-10-9-8(14-6-15-10)7(5-13-9)3-1-2-4-12/h5-6,13H,2,4,12H2. The molecular formula is C10H9ClN4. The van der Waals surface area contributed by atoms with Gasteiger partial charge in [0, 0.05) is 19.2 Å². The molecule has 76 valence electrons. The van der Waals surface area contributed by atoms with E-state index in [-0.39, 0.29) is 0 Å². The van der Waals surface area contributed by atoms with Crippen molar-refractivity contribution in [1.82, 2.24) is 15.0 Å². The average Bonchev–Trinajstić information content (AvgIpc) is 2.64. The molecule has 0 aromatic carbocycles. The van der Waals surface area contributed by atoms with E-state index in [1.54, 1.807) is 6.20 Å². The summed E-state index contributed by atoms with van der Waals surface area (Å²) >= 11 is 5.88. The van der Waals surface area contributed by atoms with Crippen molar-refractivity contribution in [2.24, 2.45) is 5.73 Å². The molecular weight excluding hydrogens is 212 g/mol. The lowest BCUT2D eigenvalue weighted by Crippen LogP contribution is -1.95. The smallest absolute Gasteiger partial charge is 0.156 e. The maximum atomic E-state index is 5.88. The van der Waals surface area contributed by atoms with Gasteiger partial charge in [0.05, 0.1) is 5.56 Å². The molecule has 0 bridgehead atoms. The molecule has 0 aliphatic heterocycles. The summed E-state index contributed by atoms with van der Waals surface area (Å²) in [5, 5.41) is 0.409. The summed E-state index contributed by atoms with van der Waals surface area (Å²) in [5.74, 6) is 5.94. The van der Waals surface area contributed by atoms with Crippen LogP contribution in [0.3, 0.4) is 0 Å². The van der Waals surface area contributed by atoms with Crippen LogP contribution < -0.4 is 5.73 Å². The number of nitrogens with two attached hydrogens (primary N) is 1. The van der Waals surface area contributed by atoms with Gasteiger partial charge in [0.15, 0.2) is 5.15 Å². The van der Waals surface area contributed by atoms with Gasteiger partial charge in [-0.3, -0.25) is 0 Å². The van der Waals surface area contributed by atoms with Crippen molar-refractivity contribution in [2.45, 2.75) is 6.42 Å². The maximum absolute atomic E-state index is 5.88. The number of aromatic nitrogens is 3. The van der Waals surface area contributed by atoms with Crippen LogP contribution in [0.5, 0.6) is 0 Å². The zero-order valence-electron chi connectivity index (χ0n) is 7.92. The molecule has 2 heterocycles. The van der Waals surface area contributed by atoms with Crippen LogP contribution in [-0.2, 0) is 0 Å². The van der Waals surface area contributed by atoms with Gasteiger partial charge in [0.1, 0.15) is 17.4 Å². The summed E-state index contributed by atoms with van der Waals surface area (Å²) in [7, 11) is 0. The van der Waals surface area contributed by atoms with Gasteiger partial charge in [0.2, 0.25) is 0 Å². The van der Waals surface area contributed by atoms with Crippen LogP contribution in [0.4, 0.5) is 0 Å². The third kappa shape index (κ3) is 1.94. The van der Waals surface area contributed by atoms with E-state index in [1.165, 1.54) is 6.33 Å². The maximum Gasteiger partial charge on any atom is 0.156 e. The Labute approximate surface area is 91.9 Å². The van der Waals surface area contributed by atoms with Crippen LogP contribution in [0.1, 0.15) is 12.0 Å². The fourth-order valence-corrected chi connectivity index (χ4v) is 1.42. The second kappa shape index (κ2) is 4.30. The molecule has 2 aromatic heterocycles. The second-order valence-corrected chi connectivity index (χ2v) is 3.29. The minimum atomic E-state index is 0.409. The van der Waals surface area contributed by atoms with Crippen LogP contribution in [0, 0.1) is 11.8 Å². The SMILES string of the molecule is NCCC#Cc1c[nH]c2c(Cl)ncnc12. The summed E-state index contributed by atoms with van der Waals surface area (Å²) in [6, 6.07) is 0. The Morgan fingerprint density at radius 2 is 2.33 bits per heavy atom. The molecule has 0 amide bonds. The van der Waals surface area contributed by atoms with E-state index in [9.17, 15) is 0 Å². The summed E-state index contributed by atoms with van der Waals surface area (Å²) in [5.41, 5.74) is 7.64. The number of hydrogen-bond donors (Lipinski definition) is 2. The number of nitrogens with zero attached hydrogens (tertiary/aromatic N) is 2. The summed E-state index contributed by atoms with van der Waals surface area (Å²) in [6.45, 7) is 0.561. The van der Waals surface area contributed by atoms with Gasteiger partial charge in [-0.15, -0.1) is 0 Å². The number of fused-ring (bicyclic) bond motifs is 1. The lowest BCUT2D eigenvalue weighted by atomic mass is 10.3. The number of halogens is 1. The monoisotopic (exact) mass is 220 g/mol. The highest BCUT2D eigenvalue weighted by molar-refractivity contribution is 6.33. The quantitative estimate of drug-likeness (QED) is 0.563. The Morgan fingerprint density at radius 3 is 3.13 bits per heavy atom. The summed E-state index contributed by atoms with van der Waals surface area (Å²) < 4.78 is 0. The normalized spacial score (nSPS) is 10.0. The number of hydrogen-bond acceptors (Lipinski definition) is 3. The van der Waals surface area contributed by atoms with Gasteiger partial charge < -0.3 is 10.7 Å². The number of rotatable bonds is 1. The lowest BCUT2D eigenvalue weighted by Gasteiger charge is -1.90. The first-order valence-corrected chi connectivity index (χ1v) is 4.87. The van der Waals surface area contributed by atoms with Crippen LogP contribution in [0.2, 0.25) is 5.15 Å². The third-order valence-electron chi connectivity index (χ3n) is 1.91. The molecule has 0 aliphatic rings. The average molecular weight is 221 g/mol. The van der Waals surface area contributed by atoms with Crippen LogP contribution in [-0.4, -0.2) is 21.5 Å². The van der Waals surface area contributed by atoms with E-state index < -0.39 is 0 Å². The number of H-pyrrole nitrogens is 1. The van der Waals surface area contributed by atoms with E-state index in [0.717, 1.165) is 16.6 Å². The van der Waals surface area contributed by atoms with Gasteiger partial charge in [0.25, 0.3) is 0 Å². The minimum absolute atomic E-state index is 0.409. The van der Waals surface area contributed by atoms with E-state index >= 15 is 0 Å². The Balaban J connectivity index is 2.47. The van der Waals surface area contributed by atoms with E-state index in [4.69, 9.17) is 17.3 Å². The Bertz CT molecular complexity index is 535. The van der Waals surface area contributed by atoms with Gasteiger partial charge in [-0.2, -0.15) is 0 Å². The molecule has 0 saturated heterocycles. The van der Waals surface area contributed by atoms with Crippen molar-refractivity contribution in [3.05, 3.63) is 23.2 Å². The molecule has 4 nitrogen and oxygen atoms in total. The molecule has 0 fully saturated rings. The largest absolute Gasteiger partial charge is 0.356 e. The van der Waals surface area contributed by atoms with Crippen molar-refractivity contribution < 1.29 is 0 Å². The van der Waals surface area contributed by atoms with E-state index in [0.29, 0.717) is 18.1 Å². The second-order valence-electron chi connectivity index (χ2n) is 2.93. The first kappa shape index (κ1) is 9.97. The molecule has 0 aliphatic carbocycles. The third-order valence-corrected chi connectivity index (χ3v) is 2.20. The predicted octanol–water partition coefficient (Wildman–Crippen LogP) is 1.31. The van der Waals surface area contributed by atoms with Crippen molar-refractivity contribution in [3.63, 3.8) is 0 Å². The summed E-state index contributed by atoms with van der Waals surface area (Å²) in [6.07, 6.45) is 3.87. The van der Waals surface area contributed by atoms with Crippen molar-refractivity contribution in [3.8, 4) is 11.8 Å². The van der Waals surface area contributed by atoms with E-state index in [2.05, 4.69) is 26.8 Å². The molecule has 0 radical (unpaired) electrons. The minimum Gasteiger partial charge on any atom is -0.356 e. The fraction of sp³-hybridized carbons (Fsp3) is 0.200. The summed E-state index contributed by atoms with van der Waals surface area (Å²) in [4.78, 5) is 11.0. The molecule has 0 unspecified atom stereocenters. The van der Waals surface area contributed by atoms with Gasteiger partial charge in [-0.1, -0.05) is 23.4 Å². The highest BCUT2D eigenvalue weighted by Gasteiger charge is 2.05. The molecule has 0 atom stereocenters.